The maximum atomic E-state index is 10.3. The molecular formula is C6H13O8PS. The van der Waals surface area contributed by atoms with Gasteiger partial charge in [0.2, 0.25) is 0 Å². The van der Waals surface area contributed by atoms with Crippen molar-refractivity contribution in [3.05, 3.63) is 0 Å². The van der Waals surface area contributed by atoms with Gasteiger partial charge in [-0.15, -0.1) is 0 Å². The fraction of sp³-hybridized carbons (Fsp3) is 0.833. The highest BCUT2D eigenvalue weighted by Gasteiger charge is 2.28. The molecular weight excluding hydrogens is 263 g/mol. The van der Waals surface area contributed by atoms with Gasteiger partial charge in [-0.2, -0.15) is 0 Å². The number of rotatable bonds is 7. The Bertz CT molecular complexity index is 278. The zero-order valence-corrected chi connectivity index (χ0v) is 9.71. The molecule has 0 aromatic rings. The van der Waals surface area contributed by atoms with E-state index in [1.807, 2.05) is 0 Å². The third-order valence-corrected chi connectivity index (χ3v) is 2.43. The van der Waals surface area contributed by atoms with E-state index in [2.05, 4.69) is 16.7 Å². The van der Waals surface area contributed by atoms with E-state index in [9.17, 15) is 14.8 Å². The van der Waals surface area contributed by atoms with Crippen LogP contribution in [0.25, 0.3) is 0 Å². The van der Waals surface area contributed by atoms with E-state index in [0.717, 1.165) is 0 Å². The molecule has 0 saturated heterocycles. The van der Waals surface area contributed by atoms with Crippen LogP contribution < -0.4 is 0 Å². The number of aliphatic hydroxyl groups is 4. The first-order valence-electron chi connectivity index (χ1n) is 4.07. The Balaban J connectivity index is 4.23. The molecule has 0 saturated carbocycles. The van der Waals surface area contributed by atoms with Gasteiger partial charge in [-0.05, 0) is 0 Å². The zero-order valence-electron chi connectivity index (χ0n) is 8.00. The fourth-order valence-corrected chi connectivity index (χ4v) is 1.33. The van der Waals surface area contributed by atoms with Crippen LogP contribution in [0.15, 0.2) is 0 Å². The summed E-state index contributed by atoms with van der Waals surface area (Å²) >= 11 is 4.52. The summed E-state index contributed by atoms with van der Waals surface area (Å²) in [5.74, 6) is 0. The standard InChI is InChI=1S/C6H13O8PS/c7-1-3(8)5(9)6(10)4(16)2-14-15(11,12)13/h3,5-10H,1-2H2,(H2,11,12,13)/t3-,5-,6-/m1/s1. The summed E-state index contributed by atoms with van der Waals surface area (Å²) in [4.78, 5) is 16.3. The second kappa shape index (κ2) is 6.70. The van der Waals surface area contributed by atoms with Crippen molar-refractivity contribution in [3.63, 3.8) is 0 Å². The Morgan fingerprint density at radius 1 is 1.31 bits per heavy atom. The molecule has 0 radical (unpaired) electrons. The lowest BCUT2D eigenvalue weighted by atomic mass is 10.1. The van der Waals surface area contributed by atoms with Crippen LogP contribution in [0.3, 0.4) is 0 Å². The molecule has 0 aliphatic carbocycles. The van der Waals surface area contributed by atoms with Gasteiger partial charge in [-0.3, -0.25) is 4.52 Å². The van der Waals surface area contributed by atoms with Crippen LogP contribution in [0.4, 0.5) is 0 Å². The molecule has 16 heavy (non-hydrogen) atoms. The minimum atomic E-state index is -4.71. The zero-order chi connectivity index (χ0) is 12.9. The third kappa shape index (κ3) is 5.94. The van der Waals surface area contributed by atoms with Gasteiger partial charge < -0.3 is 30.2 Å². The maximum absolute atomic E-state index is 10.3. The van der Waals surface area contributed by atoms with E-state index < -0.39 is 44.2 Å². The maximum Gasteiger partial charge on any atom is 0.469 e. The topological polar surface area (TPSA) is 148 Å². The first kappa shape index (κ1) is 16.0. The first-order valence-corrected chi connectivity index (χ1v) is 6.00. The SMILES string of the molecule is O=P(O)(O)OCC(=S)[C@@H](O)[C@H](O)[C@H](O)CO. The molecule has 8 nitrogen and oxygen atoms in total. The monoisotopic (exact) mass is 276 g/mol. The molecule has 96 valence electrons. The number of hydrogen-bond donors (Lipinski definition) is 6. The van der Waals surface area contributed by atoms with Crippen LogP contribution in [0, 0.1) is 0 Å². The van der Waals surface area contributed by atoms with E-state index in [1.165, 1.54) is 0 Å². The Morgan fingerprint density at radius 3 is 2.19 bits per heavy atom. The summed E-state index contributed by atoms with van der Waals surface area (Å²) in [5.41, 5.74) is 0. The Hall–Kier alpha value is 0.0400. The summed E-state index contributed by atoms with van der Waals surface area (Å²) in [6.45, 7) is -1.55. The molecule has 0 rings (SSSR count). The molecule has 0 fully saturated rings. The Kier molecular flexibility index (Phi) is 6.71. The van der Waals surface area contributed by atoms with Gasteiger partial charge in [0.1, 0.15) is 18.3 Å². The molecule has 0 aliphatic rings. The normalized spacial score (nSPS) is 17.9. The predicted octanol–water partition coefficient (Wildman–Crippen LogP) is -2.46. The lowest BCUT2D eigenvalue weighted by Crippen LogP contribution is -2.44. The van der Waals surface area contributed by atoms with Crippen molar-refractivity contribution in [2.75, 3.05) is 13.2 Å². The van der Waals surface area contributed by atoms with Crippen LogP contribution in [0.1, 0.15) is 0 Å². The number of hydrogen-bond acceptors (Lipinski definition) is 7. The number of aliphatic hydroxyl groups excluding tert-OH is 4. The Morgan fingerprint density at radius 2 is 1.81 bits per heavy atom. The van der Waals surface area contributed by atoms with Crippen molar-refractivity contribution >= 4 is 24.9 Å². The van der Waals surface area contributed by atoms with Crippen molar-refractivity contribution < 1.29 is 39.3 Å². The van der Waals surface area contributed by atoms with Crippen LogP contribution in [-0.2, 0) is 9.09 Å². The van der Waals surface area contributed by atoms with Gasteiger partial charge in [0.15, 0.2) is 0 Å². The number of phosphoric ester groups is 1. The van der Waals surface area contributed by atoms with E-state index in [4.69, 9.17) is 20.0 Å². The van der Waals surface area contributed by atoms with Gasteiger partial charge in [-0.1, -0.05) is 12.2 Å². The highest BCUT2D eigenvalue weighted by Crippen LogP contribution is 2.35. The lowest BCUT2D eigenvalue weighted by molar-refractivity contribution is -0.0556. The molecule has 0 spiro atoms. The molecule has 0 aromatic carbocycles. The molecule has 10 heteroatoms. The molecule has 0 heterocycles. The van der Waals surface area contributed by atoms with Crippen LogP contribution in [-0.4, -0.2) is 66.6 Å². The summed E-state index contributed by atoms with van der Waals surface area (Å²) in [5, 5.41) is 35.9. The summed E-state index contributed by atoms with van der Waals surface area (Å²) in [6.07, 6.45) is -5.09. The number of phosphoric acid groups is 1. The van der Waals surface area contributed by atoms with Gasteiger partial charge in [0.05, 0.1) is 18.1 Å². The fourth-order valence-electron chi connectivity index (χ4n) is 0.742. The van der Waals surface area contributed by atoms with Crippen molar-refractivity contribution in [1.29, 1.82) is 0 Å². The molecule has 0 unspecified atom stereocenters. The second-order valence-electron chi connectivity index (χ2n) is 2.92. The van der Waals surface area contributed by atoms with Gasteiger partial charge in [-0.25, -0.2) is 4.57 Å². The number of thiocarbonyl (C=S) groups is 1. The molecule has 3 atom stereocenters. The van der Waals surface area contributed by atoms with Crippen molar-refractivity contribution in [1.82, 2.24) is 0 Å². The van der Waals surface area contributed by atoms with Gasteiger partial charge in [0, 0.05) is 0 Å². The summed E-state index contributed by atoms with van der Waals surface area (Å²) in [6, 6.07) is 0. The van der Waals surface area contributed by atoms with E-state index >= 15 is 0 Å². The minimum Gasteiger partial charge on any atom is -0.394 e. The highest BCUT2D eigenvalue weighted by atomic mass is 32.1. The first-order chi connectivity index (χ1) is 7.19. The minimum absolute atomic E-state index is 0.400. The van der Waals surface area contributed by atoms with E-state index in [-0.39, 0.29) is 0 Å². The van der Waals surface area contributed by atoms with Crippen LogP contribution in [0.2, 0.25) is 0 Å². The molecule has 6 N–H and O–H groups in total. The largest absolute Gasteiger partial charge is 0.469 e. The molecule has 0 aliphatic heterocycles. The van der Waals surface area contributed by atoms with E-state index in [0.29, 0.717) is 0 Å². The third-order valence-electron chi connectivity index (χ3n) is 1.61. The van der Waals surface area contributed by atoms with Crippen molar-refractivity contribution in [2.24, 2.45) is 0 Å². The van der Waals surface area contributed by atoms with Crippen LogP contribution >= 0.6 is 20.0 Å². The smallest absolute Gasteiger partial charge is 0.394 e. The van der Waals surface area contributed by atoms with Crippen LogP contribution in [0.5, 0.6) is 0 Å². The average molecular weight is 276 g/mol. The molecule has 0 aromatic heterocycles. The highest BCUT2D eigenvalue weighted by molar-refractivity contribution is 7.80. The molecule has 0 amide bonds. The van der Waals surface area contributed by atoms with E-state index in [1.54, 1.807) is 0 Å². The quantitative estimate of drug-likeness (QED) is 0.220. The predicted molar refractivity (Wildman–Crippen MR) is 55.7 cm³/mol. The summed E-state index contributed by atoms with van der Waals surface area (Å²) < 4.78 is 14.3. The van der Waals surface area contributed by atoms with Crippen molar-refractivity contribution in [2.45, 2.75) is 18.3 Å². The Labute approximate surface area is 96.4 Å². The molecule has 0 bridgehead atoms. The van der Waals surface area contributed by atoms with Gasteiger partial charge >= 0.3 is 7.82 Å². The second-order valence-corrected chi connectivity index (χ2v) is 4.68. The van der Waals surface area contributed by atoms with Crippen molar-refractivity contribution in [3.8, 4) is 0 Å². The summed E-state index contributed by atoms with van der Waals surface area (Å²) in [7, 11) is -4.71. The lowest BCUT2D eigenvalue weighted by Gasteiger charge is -2.22. The van der Waals surface area contributed by atoms with Gasteiger partial charge in [0.25, 0.3) is 0 Å². The average Bonchev–Trinajstić information content (AvgIpc) is 2.21.